The number of hydrogen-bond acceptors (Lipinski definition) is 3. The maximum absolute atomic E-state index is 11.9. The molecule has 2 rings (SSSR count). The summed E-state index contributed by atoms with van der Waals surface area (Å²) in [6.07, 6.45) is 1.92. The number of thiocarbonyl (C=S) groups is 1. The smallest absolute Gasteiger partial charge is 0.265 e. The van der Waals surface area contributed by atoms with E-state index in [0.717, 1.165) is 11.3 Å². The van der Waals surface area contributed by atoms with Gasteiger partial charge in [0.05, 0.1) is 4.91 Å². The molecule has 17 heavy (non-hydrogen) atoms. The average molecular weight is 266 g/mol. The Morgan fingerprint density at radius 1 is 1.35 bits per heavy atom. The first-order chi connectivity index (χ1) is 7.91. The van der Waals surface area contributed by atoms with Crippen molar-refractivity contribution in [1.82, 2.24) is 9.47 Å². The number of likely N-dealkylation sites (N-methyl/N-ethyl adjacent to an activating group) is 1. The first kappa shape index (κ1) is 12.4. The second-order valence-electron chi connectivity index (χ2n) is 4.13. The van der Waals surface area contributed by atoms with Crippen molar-refractivity contribution in [3.8, 4) is 0 Å². The summed E-state index contributed by atoms with van der Waals surface area (Å²) in [7, 11) is 3.73. The van der Waals surface area contributed by atoms with E-state index in [0.29, 0.717) is 9.23 Å². The van der Waals surface area contributed by atoms with Gasteiger partial charge in [-0.15, -0.1) is 0 Å². The Morgan fingerprint density at radius 2 is 2.00 bits per heavy atom. The molecule has 0 radical (unpaired) electrons. The van der Waals surface area contributed by atoms with Crippen LogP contribution in [0.4, 0.5) is 0 Å². The van der Waals surface area contributed by atoms with E-state index >= 15 is 0 Å². The van der Waals surface area contributed by atoms with Gasteiger partial charge in [-0.25, -0.2) is 0 Å². The van der Waals surface area contributed by atoms with Gasteiger partial charge in [-0.2, -0.15) is 0 Å². The van der Waals surface area contributed by atoms with Crippen LogP contribution in [0.1, 0.15) is 17.0 Å². The fourth-order valence-corrected chi connectivity index (χ4v) is 2.89. The second-order valence-corrected chi connectivity index (χ2v) is 5.80. The van der Waals surface area contributed by atoms with Crippen LogP contribution >= 0.6 is 24.0 Å². The van der Waals surface area contributed by atoms with E-state index in [9.17, 15) is 4.79 Å². The average Bonchev–Trinajstić information content (AvgIpc) is 2.66. The molecule has 1 amide bonds. The highest BCUT2D eigenvalue weighted by Crippen LogP contribution is 2.32. The zero-order chi connectivity index (χ0) is 12.7. The lowest BCUT2D eigenvalue weighted by Crippen LogP contribution is -2.22. The van der Waals surface area contributed by atoms with Gasteiger partial charge in [-0.1, -0.05) is 24.0 Å². The number of hydrogen-bond donors (Lipinski definition) is 0. The molecule has 1 fully saturated rings. The minimum atomic E-state index is -0.0130. The molecule has 1 aliphatic heterocycles. The molecule has 0 aliphatic carbocycles. The molecule has 1 aromatic heterocycles. The van der Waals surface area contributed by atoms with E-state index < -0.39 is 0 Å². The molecule has 0 aromatic carbocycles. The Hall–Kier alpha value is -1.07. The van der Waals surface area contributed by atoms with Crippen molar-refractivity contribution in [2.24, 2.45) is 7.05 Å². The largest absolute Gasteiger partial charge is 0.352 e. The summed E-state index contributed by atoms with van der Waals surface area (Å²) >= 11 is 6.46. The Bertz CT molecular complexity index is 543. The summed E-state index contributed by atoms with van der Waals surface area (Å²) in [6.45, 7) is 4.10. The van der Waals surface area contributed by atoms with Crippen molar-refractivity contribution >= 4 is 40.3 Å². The maximum Gasteiger partial charge on any atom is 0.265 e. The van der Waals surface area contributed by atoms with E-state index in [2.05, 4.69) is 17.6 Å². The van der Waals surface area contributed by atoms with Crippen LogP contribution in [0.2, 0.25) is 0 Å². The fourth-order valence-electron chi connectivity index (χ4n) is 1.72. The van der Waals surface area contributed by atoms with Gasteiger partial charge in [0, 0.05) is 25.5 Å². The lowest BCUT2D eigenvalue weighted by molar-refractivity contribution is -0.121. The molecule has 5 heteroatoms. The predicted octanol–water partition coefficient (Wildman–Crippen LogP) is 2.47. The van der Waals surface area contributed by atoms with Crippen molar-refractivity contribution in [3.05, 3.63) is 27.9 Å². The molecular weight excluding hydrogens is 252 g/mol. The van der Waals surface area contributed by atoms with E-state index in [1.54, 1.807) is 7.05 Å². The van der Waals surface area contributed by atoms with Crippen molar-refractivity contribution in [1.29, 1.82) is 0 Å². The van der Waals surface area contributed by atoms with Crippen LogP contribution in [0.3, 0.4) is 0 Å². The Morgan fingerprint density at radius 3 is 2.41 bits per heavy atom. The highest BCUT2D eigenvalue weighted by Gasteiger charge is 2.28. The SMILES string of the molecule is Cc1cc(/C=C2\SC(=S)N(C)C2=O)c(C)n1C. The van der Waals surface area contributed by atoms with E-state index in [1.807, 2.05) is 20.0 Å². The quantitative estimate of drug-likeness (QED) is 0.577. The van der Waals surface area contributed by atoms with Gasteiger partial charge in [-0.3, -0.25) is 9.69 Å². The summed E-state index contributed by atoms with van der Waals surface area (Å²) < 4.78 is 2.73. The van der Waals surface area contributed by atoms with E-state index in [-0.39, 0.29) is 5.91 Å². The molecule has 0 spiro atoms. The van der Waals surface area contributed by atoms with Crippen LogP contribution < -0.4 is 0 Å². The summed E-state index contributed by atoms with van der Waals surface area (Å²) in [5, 5.41) is 0. The highest BCUT2D eigenvalue weighted by atomic mass is 32.2. The summed E-state index contributed by atoms with van der Waals surface area (Å²) in [5.41, 5.74) is 3.42. The van der Waals surface area contributed by atoms with Gasteiger partial charge in [0.2, 0.25) is 0 Å². The zero-order valence-corrected chi connectivity index (χ0v) is 11.9. The zero-order valence-electron chi connectivity index (χ0n) is 10.3. The van der Waals surface area contributed by atoms with Crippen LogP contribution in [-0.2, 0) is 11.8 Å². The van der Waals surface area contributed by atoms with Gasteiger partial charge in [0.15, 0.2) is 0 Å². The molecule has 0 bridgehead atoms. The molecule has 0 unspecified atom stereocenters. The summed E-state index contributed by atoms with van der Waals surface area (Å²) in [6, 6.07) is 2.08. The second kappa shape index (κ2) is 4.31. The van der Waals surface area contributed by atoms with Gasteiger partial charge in [-0.05, 0) is 31.6 Å². The minimum Gasteiger partial charge on any atom is -0.352 e. The molecule has 0 atom stereocenters. The lowest BCUT2D eigenvalue weighted by Gasteiger charge is -2.03. The van der Waals surface area contributed by atoms with Gasteiger partial charge in [0.25, 0.3) is 5.91 Å². The molecule has 1 saturated heterocycles. The number of carbonyl (C=O) groups excluding carboxylic acids is 1. The summed E-state index contributed by atoms with van der Waals surface area (Å²) in [4.78, 5) is 14.1. The van der Waals surface area contributed by atoms with Crippen LogP contribution in [0.25, 0.3) is 6.08 Å². The molecule has 0 N–H and O–H groups in total. The van der Waals surface area contributed by atoms with Crippen LogP contribution in [0.5, 0.6) is 0 Å². The van der Waals surface area contributed by atoms with Crippen molar-refractivity contribution < 1.29 is 4.79 Å². The van der Waals surface area contributed by atoms with Crippen molar-refractivity contribution in [2.75, 3.05) is 7.05 Å². The van der Waals surface area contributed by atoms with E-state index in [1.165, 1.54) is 22.4 Å². The first-order valence-corrected chi connectivity index (χ1v) is 6.48. The van der Waals surface area contributed by atoms with Crippen LogP contribution in [0.15, 0.2) is 11.0 Å². The first-order valence-electron chi connectivity index (χ1n) is 5.26. The van der Waals surface area contributed by atoms with E-state index in [4.69, 9.17) is 12.2 Å². The molecule has 2 heterocycles. The third kappa shape index (κ3) is 2.05. The predicted molar refractivity (Wildman–Crippen MR) is 75.8 cm³/mol. The molecule has 1 aromatic rings. The minimum absolute atomic E-state index is 0.0130. The summed E-state index contributed by atoms with van der Waals surface area (Å²) in [5.74, 6) is -0.0130. The number of aryl methyl sites for hydroxylation is 1. The number of nitrogens with zero attached hydrogens (tertiary/aromatic N) is 2. The number of carbonyl (C=O) groups is 1. The van der Waals surface area contributed by atoms with Gasteiger partial charge in [0.1, 0.15) is 4.32 Å². The number of amides is 1. The van der Waals surface area contributed by atoms with Crippen molar-refractivity contribution in [2.45, 2.75) is 13.8 Å². The normalized spacial score (nSPS) is 18.6. The molecule has 90 valence electrons. The maximum atomic E-state index is 11.9. The Kier molecular flexibility index (Phi) is 3.14. The van der Waals surface area contributed by atoms with Crippen LogP contribution in [0, 0.1) is 13.8 Å². The topological polar surface area (TPSA) is 25.2 Å². The Balaban J connectivity index is 2.41. The molecule has 3 nitrogen and oxygen atoms in total. The third-order valence-electron chi connectivity index (χ3n) is 3.09. The number of rotatable bonds is 1. The fraction of sp³-hybridized carbons (Fsp3) is 0.333. The van der Waals surface area contributed by atoms with Crippen LogP contribution in [-0.4, -0.2) is 26.7 Å². The third-order valence-corrected chi connectivity index (χ3v) is 4.57. The molecule has 0 saturated carbocycles. The molecule has 1 aliphatic rings. The Labute approximate surface area is 110 Å². The lowest BCUT2D eigenvalue weighted by atomic mass is 10.2. The van der Waals surface area contributed by atoms with Gasteiger partial charge >= 0.3 is 0 Å². The van der Waals surface area contributed by atoms with Gasteiger partial charge < -0.3 is 4.57 Å². The number of aromatic nitrogens is 1. The molecular formula is C12H14N2OS2. The monoisotopic (exact) mass is 266 g/mol. The standard InChI is InChI=1S/C12H14N2OS2/c1-7-5-9(8(2)13(7)3)6-10-11(15)14(4)12(16)17-10/h5-6H,1-4H3/b10-6-. The number of thioether (sulfide) groups is 1. The van der Waals surface area contributed by atoms with Crippen molar-refractivity contribution in [3.63, 3.8) is 0 Å². The highest BCUT2D eigenvalue weighted by molar-refractivity contribution is 8.26.